The summed E-state index contributed by atoms with van der Waals surface area (Å²) >= 11 is 0. The molecule has 0 atom stereocenters. The number of carbonyl (C=O) groups is 1. The molecule has 6 heteroatoms. The zero-order chi connectivity index (χ0) is 14.7. The lowest BCUT2D eigenvalue weighted by Crippen LogP contribution is -2.16. The van der Waals surface area contributed by atoms with Crippen LogP contribution in [0.4, 0.5) is 0 Å². The smallest absolute Gasteiger partial charge is 0.371 e. The molecule has 3 rings (SSSR count). The molecule has 0 aliphatic carbocycles. The number of carboxylic acid groups (broad SMARTS) is 1. The average molecular weight is 289 g/mol. The molecule has 1 aromatic carbocycles. The molecule has 0 saturated heterocycles. The number of hydrogen-bond acceptors (Lipinski definition) is 5. The number of ether oxygens (including phenoxy) is 2. The highest BCUT2D eigenvalue weighted by Gasteiger charge is 2.12. The van der Waals surface area contributed by atoms with Gasteiger partial charge < -0.3 is 24.3 Å². The topological polar surface area (TPSA) is 80.9 Å². The van der Waals surface area contributed by atoms with E-state index in [0.29, 0.717) is 32.1 Å². The van der Waals surface area contributed by atoms with Crippen molar-refractivity contribution in [2.24, 2.45) is 0 Å². The van der Waals surface area contributed by atoms with Gasteiger partial charge in [-0.3, -0.25) is 0 Å². The van der Waals surface area contributed by atoms with Crippen molar-refractivity contribution in [3.8, 4) is 11.5 Å². The Morgan fingerprint density at radius 3 is 2.67 bits per heavy atom. The van der Waals surface area contributed by atoms with E-state index < -0.39 is 5.97 Å². The lowest BCUT2D eigenvalue weighted by Gasteiger charge is -2.18. The summed E-state index contributed by atoms with van der Waals surface area (Å²) in [7, 11) is 0. The number of aromatic carboxylic acids is 1. The summed E-state index contributed by atoms with van der Waals surface area (Å²) in [5.41, 5.74) is 1.06. The monoisotopic (exact) mass is 289 g/mol. The molecular weight excluding hydrogens is 274 g/mol. The maximum atomic E-state index is 10.7. The van der Waals surface area contributed by atoms with E-state index in [2.05, 4.69) is 5.32 Å². The van der Waals surface area contributed by atoms with E-state index in [0.717, 1.165) is 17.1 Å². The van der Waals surface area contributed by atoms with Gasteiger partial charge in [0.05, 0.1) is 6.54 Å². The number of furan rings is 1. The van der Waals surface area contributed by atoms with Gasteiger partial charge in [0.25, 0.3) is 0 Å². The number of carboxylic acids is 1. The Kier molecular flexibility index (Phi) is 3.79. The fourth-order valence-corrected chi connectivity index (χ4v) is 2.12. The van der Waals surface area contributed by atoms with Crippen molar-refractivity contribution < 1.29 is 23.8 Å². The fourth-order valence-electron chi connectivity index (χ4n) is 2.12. The molecule has 1 aliphatic rings. The summed E-state index contributed by atoms with van der Waals surface area (Å²) < 4.78 is 16.2. The Balaban J connectivity index is 1.56. The highest BCUT2D eigenvalue weighted by molar-refractivity contribution is 5.84. The third-order valence-electron chi connectivity index (χ3n) is 3.11. The molecule has 2 N–H and O–H groups in total. The highest BCUT2D eigenvalue weighted by atomic mass is 16.6. The third-order valence-corrected chi connectivity index (χ3v) is 3.11. The lowest BCUT2D eigenvalue weighted by atomic mass is 10.2. The first-order valence-electron chi connectivity index (χ1n) is 6.63. The second-order valence-electron chi connectivity index (χ2n) is 4.65. The summed E-state index contributed by atoms with van der Waals surface area (Å²) in [5.74, 6) is 0.998. The predicted molar refractivity (Wildman–Crippen MR) is 73.6 cm³/mol. The minimum absolute atomic E-state index is 0.0499. The van der Waals surface area contributed by atoms with Gasteiger partial charge in [-0.05, 0) is 29.8 Å². The van der Waals surface area contributed by atoms with Crippen LogP contribution in [0.1, 0.15) is 21.9 Å². The largest absolute Gasteiger partial charge is 0.486 e. The van der Waals surface area contributed by atoms with Gasteiger partial charge >= 0.3 is 5.97 Å². The average Bonchev–Trinajstić information content (AvgIpc) is 2.96. The van der Waals surface area contributed by atoms with E-state index in [-0.39, 0.29) is 5.76 Å². The maximum Gasteiger partial charge on any atom is 0.371 e. The second-order valence-corrected chi connectivity index (χ2v) is 4.65. The van der Waals surface area contributed by atoms with Crippen LogP contribution in [0.3, 0.4) is 0 Å². The molecule has 0 fully saturated rings. The molecule has 0 bridgehead atoms. The van der Waals surface area contributed by atoms with E-state index in [1.165, 1.54) is 6.07 Å². The second kappa shape index (κ2) is 5.88. The van der Waals surface area contributed by atoms with Crippen LogP contribution in [-0.4, -0.2) is 24.3 Å². The number of hydrogen-bond donors (Lipinski definition) is 2. The number of rotatable bonds is 5. The van der Waals surface area contributed by atoms with Gasteiger partial charge in [0.1, 0.15) is 19.0 Å². The molecule has 110 valence electrons. The van der Waals surface area contributed by atoms with Crippen molar-refractivity contribution in [1.29, 1.82) is 0 Å². The zero-order valence-corrected chi connectivity index (χ0v) is 11.3. The van der Waals surface area contributed by atoms with Crippen molar-refractivity contribution in [2.45, 2.75) is 13.1 Å². The number of nitrogens with one attached hydrogen (secondary N) is 1. The van der Waals surface area contributed by atoms with Gasteiger partial charge in [-0.1, -0.05) is 6.07 Å². The third kappa shape index (κ3) is 3.17. The molecule has 0 spiro atoms. The Hall–Kier alpha value is -2.47. The van der Waals surface area contributed by atoms with Gasteiger partial charge in [0, 0.05) is 6.54 Å². The molecule has 1 aromatic heterocycles. The normalized spacial score (nSPS) is 13.1. The Labute approximate surface area is 121 Å². The minimum Gasteiger partial charge on any atom is -0.486 e. The molecule has 0 radical (unpaired) electrons. The molecule has 21 heavy (non-hydrogen) atoms. The fraction of sp³-hybridized carbons (Fsp3) is 0.267. The maximum absolute atomic E-state index is 10.7. The van der Waals surface area contributed by atoms with Crippen molar-refractivity contribution >= 4 is 5.97 Å². The van der Waals surface area contributed by atoms with Crippen LogP contribution in [0, 0.1) is 0 Å². The van der Waals surface area contributed by atoms with Crippen molar-refractivity contribution in [3.63, 3.8) is 0 Å². The zero-order valence-electron chi connectivity index (χ0n) is 11.3. The molecule has 0 saturated carbocycles. The van der Waals surface area contributed by atoms with Crippen LogP contribution < -0.4 is 14.8 Å². The van der Waals surface area contributed by atoms with Crippen LogP contribution in [0.25, 0.3) is 0 Å². The Morgan fingerprint density at radius 2 is 1.90 bits per heavy atom. The molecule has 2 aromatic rings. The van der Waals surface area contributed by atoms with Gasteiger partial charge in [-0.2, -0.15) is 0 Å². The summed E-state index contributed by atoms with van der Waals surface area (Å²) in [6.45, 7) is 2.23. The molecule has 1 aliphatic heterocycles. The Bertz CT molecular complexity index is 649. The standard InChI is InChI=1S/C15H15NO5/c17-15(18)13-4-2-11(21-13)9-16-8-10-1-3-12-14(7-10)20-6-5-19-12/h1-4,7,16H,5-6,8-9H2,(H,17,18). The van der Waals surface area contributed by atoms with E-state index in [1.54, 1.807) is 6.07 Å². The number of benzene rings is 1. The number of fused-ring (bicyclic) bond motifs is 1. The van der Waals surface area contributed by atoms with Crippen LogP contribution in [-0.2, 0) is 13.1 Å². The van der Waals surface area contributed by atoms with E-state index >= 15 is 0 Å². The van der Waals surface area contributed by atoms with Gasteiger partial charge in [-0.15, -0.1) is 0 Å². The van der Waals surface area contributed by atoms with E-state index in [9.17, 15) is 4.79 Å². The SMILES string of the molecule is O=C(O)c1ccc(CNCc2ccc3c(c2)OCCO3)o1. The first-order chi connectivity index (χ1) is 10.2. The van der Waals surface area contributed by atoms with Gasteiger partial charge in [0.15, 0.2) is 11.5 Å². The molecule has 0 amide bonds. The summed E-state index contributed by atoms with van der Waals surface area (Å²) in [4.78, 5) is 10.7. The van der Waals surface area contributed by atoms with E-state index in [4.69, 9.17) is 19.0 Å². The lowest BCUT2D eigenvalue weighted by molar-refractivity contribution is 0.0660. The molecule has 0 unspecified atom stereocenters. The first kappa shape index (κ1) is 13.5. The molecule has 6 nitrogen and oxygen atoms in total. The highest BCUT2D eigenvalue weighted by Crippen LogP contribution is 2.30. The predicted octanol–water partition coefficient (Wildman–Crippen LogP) is 2.04. The van der Waals surface area contributed by atoms with Crippen LogP contribution in [0.2, 0.25) is 0 Å². The van der Waals surface area contributed by atoms with Crippen molar-refractivity contribution in [1.82, 2.24) is 5.32 Å². The molecular formula is C15H15NO5. The van der Waals surface area contributed by atoms with E-state index in [1.807, 2.05) is 18.2 Å². The van der Waals surface area contributed by atoms with Gasteiger partial charge in [-0.25, -0.2) is 4.79 Å². The minimum atomic E-state index is -1.06. The summed E-state index contributed by atoms with van der Waals surface area (Å²) in [6, 6.07) is 8.89. The first-order valence-corrected chi connectivity index (χ1v) is 6.63. The van der Waals surface area contributed by atoms with Crippen molar-refractivity contribution in [3.05, 3.63) is 47.4 Å². The van der Waals surface area contributed by atoms with Crippen LogP contribution in [0.5, 0.6) is 11.5 Å². The van der Waals surface area contributed by atoms with Gasteiger partial charge in [0.2, 0.25) is 5.76 Å². The molecule has 2 heterocycles. The Morgan fingerprint density at radius 1 is 1.10 bits per heavy atom. The van der Waals surface area contributed by atoms with Crippen molar-refractivity contribution in [2.75, 3.05) is 13.2 Å². The summed E-state index contributed by atoms with van der Waals surface area (Å²) in [5, 5.41) is 12.0. The van der Waals surface area contributed by atoms with Crippen LogP contribution >= 0.6 is 0 Å². The van der Waals surface area contributed by atoms with Crippen LogP contribution in [0.15, 0.2) is 34.7 Å². The quantitative estimate of drug-likeness (QED) is 0.876. The summed E-state index contributed by atoms with van der Waals surface area (Å²) in [6.07, 6.45) is 0.